The Morgan fingerprint density at radius 2 is 2.08 bits per heavy atom. The molecule has 0 radical (unpaired) electrons. The number of benzene rings is 1. The largest absolute Gasteiger partial charge is 0.462 e. The van der Waals surface area contributed by atoms with E-state index >= 15 is 0 Å². The lowest BCUT2D eigenvalue weighted by atomic mass is 10.1. The molecule has 3 rings (SSSR count). The predicted molar refractivity (Wildman–Crippen MR) is 97.3 cm³/mol. The Hall–Kier alpha value is -2.93. The first-order valence-corrected chi connectivity index (χ1v) is 8.36. The second kappa shape index (κ2) is 7.97. The smallest absolute Gasteiger partial charge is 0.339 e. The van der Waals surface area contributed by atoms with E-state index in [-0.39, 0.29) is 5.92 Å². The Balaban J connectivity index is 1.79. The SMILES string of the molecule is CC(C)COC(=O)c1cc(-c2ccc(/C=N/n3cnnc3)o2)ccc1Cl. The Kier molecular flexibility index (Phi) is 5.48. The van der Waals surface area contributed by atoms with Gasteiger partial charge in [-0.05, 0) is 36.2 Å². The Bertz CT molecular complexity index is 916. The molecule has 8 heteroatoms. The van der Waals surface area contributed by atoms with Crippen molar-refractivity contribution in [3.8, 4) is 11.3 Å². The average molecular weight is 373 g/mol. The number of halogens is 1. The highest BCUT2D eigenvalue weighted by Crippen LogP contribution is 2.27. The third-order valence-corrected chi connectivity index (χ3v) is 3.70. The van der Waals surface area contributed by atoms with Gasteiger partial charge in [0.05, 0.1) is 23.4 Å². The van der Waals surface area contributed by atoms with Crippen LogP contribution in [0.5, 0.6) is 0 Å². The van der Waals surface area contributed by atoms with Gasteiger partial charge in [-0.1, -0.05) is 25.4 Å². The van der Waals surface area contributed by atoms with Gasteiger partial charge in [-0.2, -0.15) is 5.10 Å². The molecule has 2 heterocycles. The zero-order valence-corrected chi connectivity index (χ0v) is 15.1. The van der Waals surface area contributed by atoms with Crippen molar-refractivity contribution >= 4 is 23.8 Å². The fourth-order valence-corrected chi connectivity index (χ4v) is 2.31. The second-order valence-corrected chi connectivity index (χ2v) is 6.38. The third-order valence-electron chi connectivity index (χ3n) is 3.37. The molecule has 0 spiro atoms. The van der Waals surface area contributed by atoms with Crippen LogP contribution in [0.25, 0.3) is 11.3 Å². The number of rotatable bonds is 6. The summed E-state index contributed by atoms with van der Waals surface area (Å²) in [7, 11) is 0. The molecular weight excluding hydrogens is 356 g/mol. The van der Waals surface area contributed by atoms with Gasteiger partial charge in [0.2, 0.25) is 0 Å². The molecular formula is C18H17ClN4O3. The van der Waals surface area contributed by atoms with Crippen molar-refractivity contribution in [1.82, 2.24) is 14.9 Å². The van der Waals surface area contributed by atoms with Gasteiger partial charge in [0.1, 0.15) is 24.2 Å². The van der Waals surface area contributed by atoms with Crippen LogP contribution >= 0.6 is 11.6 Å². The number of carbonyl (C=O) groups is 1. The van der Waals surface area contributed by atoms with Crippen molar-refractivity contribution in [3.63, 3.8) is 0 Å². The number of carbonyl (C=O) groups excluding carboxylic acids is 1. The molecule has 2 aromatic heterocycles. The van der Waals surface area contributed by atoms with E-state index in [1.165, 1.54) is 17.3 Å². The molecule has 0 atom stereocenters. The van der Waals surface area contributed by atoms with Crippen molar-refractivity contribution < 1.29 is 13.9 Å². The zero-order chi connectivity index (χ0) is 18.5. The summed E-state index contributed by atoms with van der Waals surface area (Å²) < 4.78 is 12.5. The maximum Gasteiger partial charge on any atom is 0.339 e. The van der Waals surface area contributed by atoms with E-state index in [9.17, 15) is 4.79 Å². The molecule has 3 aromatic rings. The van der Waals surface area contributed by atoms with E-state index in [1.807, 2.05) is 13.8 Å². The summed E-state index contributed by atoms with van der Waals surface area (Å²) in [6, 6.07) is 8.65. The van der Waals surface area contributed by atoms with E-state index < -0.39 is 5.97 Å². The van der Waals surface area contributed by atoms with E-state index in [1.54, 1.807) is 36.5 Å². The van der Waals surface area contributed by atoms with Gasteiger partial charge in [-0.25, -0.2) is 9.47 Å². The topological polar surface area (TPSA) is 82.5 Å². The quantitative estimate of drug-likeness (QED) is 0.484. The third kappa shape index (κ3) is 4.37. The van der Waals surface area contributed by atoms with Crippen molar-refractivity contribution in [2.24, 2.45) is 11.0 Å². The summed E-state index contributed by atoms with van der Waals surface area (Å²) >= 11 is 6.14. The Labute approximate surface area is 155 Å². The summed E-state index contributed by atoms with van der Waals surface area (Å²) in [5.74, 6) is 0.933. The summed E-state index contributed by atoms with van der Waals surface area (Å²) in [5, 5.41) is 11.8. The number of aromatic nitrogens is 3. The molecule has 0 aliphatic carbocycles. The predicted octanol–water partition coefficient (Wildman–Crippen LogP) is 3.89. The fraction of sp³-hybridized carbons (Fsp3) is 0.222. The van der Waals surface area contributed by atoms with Crippen LogP contribution in [0.15, 0.2) is 52.5 Å². The molecule has 0 fully saturated rings. The lowest BCUT2D eigenvalue weighted by molar-refractivity contribution is 0.0459. The second-order valence-electron chi connectivity index (χ2n) is 5.98. The highest BCUT2D eigenvalue weighted by molar-refractivity contribution is 6.33. The van der Waals surface area contributed by atoms with Gasteiger partial charge in [0.25, 0.3) is 0 Å². The minimum absolute atomic E-state index is 0.249. The minimum Gasteiger partial charge on any atom is -0.462 e. The number of furan rings is 1. The first-order valence-electron chi connectivity index (χ1n) is 7.99. The van der Waals surface area contributed by atoms with Gasteiger partial charge in [-0.3, -0.25) is 0 Å². The number of ether oxygens (including phenoxy) is 1. The normalized spacial score (nSPS) is 11.4. The number of hydrogen-bond acceptors (Lipinski definition) is 6. The average Bonchev–Trinajstić information content (AvgIpc) is 3.30. The monoisotopic (exact) mass is 372 g/mol. The molecule has 0 amide bonds. The molecule has 0 N–H and O–H groups in total. The standard InChI is InChI=1S/C18H17ClN4O3/c1-12(2)9-25-18(24)15-7-13(3-5-16(15)19)17-6-4-14(26-17)8-22-23-10-20-21-11-23/h3-8,10-12H,9H2,1-2H3/b22-8+. The van der Waals surface area contributed by atoms with Crippen molar-refractivity contribution in [2.45, 2.75) is 13.8 Å². The van der Waals surface area contributed by atoms with Crippen LogP contribution in [0.2, 0.25) is 5.02 Å². The Morgan fingerprint density at radius 1 is 1.31 bits per heavy atom. The van der Waals surface area contributed by atoms with Crippen molar-refractivity contribution in [1.29, 1.82) is 0 Å². The molecule has 0 saturated heterocycles. The van der Waals surface area contributed by atoms with Crippen LogP contribution in [-0.4, -0.2) is 33.7 Å². The number of hydrogen-bond donors (Lipinski definition) is 0. The zero-order valence-electron chi connectivity index (χ0n) is 14.3. The lowest BCUT2D eigenvalue weighted by Gasteiger charge is -2.09. The van der Waals surface area contributed by atoms with Gasteiger partial charge < -0.3 is 9.15 Å². The highest BCUT2D eigenvalue weighted by Gasteiger charge is 2.15. The molecule has 1 aromatic carbocycles. The van der Waals surface area contributed by atoms with Crippen LogP contribution in [0.4, 0.5) is 0 Å². The van der Waals surface area contributed by atoms with Gasteiger partial charge in [0.15, 0.2) is 0 Å². The molecule has 0 saturated carbocycles. The van der Waals surface area contributed by atoms with Gasteiger partial charge >= 0.3 is 5.97 Å². The van der Waals surface area contributed by atoms with Crippen LogP contribution in [0.3, 0.4) is 0 Å². The lowest BCUT2D eigenvalue weighted by Crippen LogP contribution is -2.10. The van der Waals surface area contributed by atoms with Crippen molar-refractivity contribution in [2.75, 3.05) is 6.61 Å². The molecule has 0 aliphatic heterocycles. The van der Waals surface area contributed by atoms with Crippen LogP contribution < -0.4 is 0 Å². The van der Waals surface area contributed by atoms with Crippen LogP contribution in [0, 0.1) is 5.92 Å². The van der Waals surface area contributed by atoms with E-state index in [0.29, 0.717) is 28.7 Å². The first-order chi connectivity index (χ1) is 12.5. The maximum atomic E-state index is 12.2. The minimum atomic E-state index is -0.452. The highest BCUT2D eigenvalue weighted by atomic mass is 35.5. The van der Waals surface area contributed by atoms with Crippen LogP contribution in [0.1, 0.15) is 30.0 Å². The molecule has 0 bridgehead atoms. The fourth-order valence-electron chi connectivity index (χ4n) is 2.11. The molecule has 7 nitrogen and oxygen atoms in total. The first kappa shape index (κ1) is 17.9. The van der Waals surface area contributed by atoms with E-state index in [0.717, 1.165) is 5.56 Å². The maximum absolute atomic E-state index is 12.2. The van der Waals surface area contributed by atoms with Gasteiger partial charge in [0, 0.05) is 5.56 Å². The molecule has 0 unspecified atom stereocenters. The summed E-state index contributed by atoms with van der Waals surface area (Å²) in [5.41, 5.74) is 1.02. The van der Waals surface area contributed by atoms with E-state index in [2.05, 4.69) is 15.3 Å². The Morgan fingerprint density at radius 3 is 2.81 bits per heavy atom. The number of esters is 1. The summed E-state index contributed by atoms with van der Waals surface area (Å²) in [6.45, 7) is 4.28. The van der Waals surface area contributed by atoms with E-state index in [4.69, 9.17) is 20.8 Å². The van der Waals surface area contributed by atoms with Crippen molar-refractivity contribution in [3.05, 3.63) is 59.3 Å². The number of nitrogens with zero attached hydrogens (tertiary/aromatic N) is 4. The van der Waals surface area contributed by atoms with Gasteiger partial charge in [-0.15, -0.1) is 10.2 Å². The summed E-state index contributed by atoms with van der Waals surface area (Å²) in [4.78, 5) is 12.2. The molecule has 26 heavy (non-hydrogen) atoms. The van der Waals surface area contributed by atoms with Crippen LogP contribution in [-0.2, 0) is 4.74 Å². The molecule has 134 valence electrons. The summed E-state index contributed by atoms with van der Waals surface area (Å²) in [6.07, 6.45) is 4.48. The molecule has 0 aliphatic rings.